The molecule has 3 aliphatic carbocycles. The molecule has 0 spiro atoms. The molecule has 3 aliphatic rings. The standard InChI is InChI=1S/C45H38N2/c1-4-14-36-16-12-24-44(42(36)22-9-1)46(38-18-5-2-6-19-38)40-30-26-34(27-31-40)35-28-32-41(33-29-35)47(39-20-7-3-8-21-39)45-25-13-17-37-15-10-11-23-43(37)45/h3,7-13,15-17,20-27,30-32,35,38H,1-2,5-6,18-19,28H2. The Balaban J connectivity index is 1.10. The van der Waals surface area contributed by atoms with Crippen molar-refractivity contribution in [3.8, 4) is 23.7 Å². The maximum Gasteiger partial charge on any atom is 0.0930 e. The second-order valence-electron chi connectivity index (χ2n) is 12.7. The third kappa shape index (κ3) is 5.85. The first-order chi connectivity index (χ1) is 23.3. The van der Waals surface area contributed by atoms with Gasteiger partial charge >= 0.3 is 0 Å². The minimum atomic E-state index is 0.160. The summed E-state index contributed by atoms with van der Waals surface area (Å²) < 4.78 is 0. The first-order valence-electron chi connectivity index (χ1n) is 17.1. The molecule has 1 unspecified atom stereocenters. The summed E-state index contributed by atoms with van der Waals surface area (Å²) in [6, 6.07) is 42.1. The van der Waals surface area contributed by atoms with E-state index < -0.39 is 0 Å². The molecule has 0 amide bonds. The number of benzene rings is 5. The van der Waals surface area contributed by atoms with E-state index in [9.17, 15) is 0 Å². The number of anilines is 4. The van der Waals surface area contributed by atoms with Crippen molar-refractivity contribution in [2.45, 2.75) is 56.9 Å². The van der Waals surface area contributed by atoms with Gasteiger partial charge in [0, 0.05) is 52.0 Å². The van der Waals surface area contributed by atoms with Crippen LogP contribution in [0.1, 0.15) is 67.6 Å². The van der Waals surface area contributed by atoms with E-state index in [1.165, 1.54) is 65.4 Å². The molecule has 2 heteroatoms. The summed E-state index contributed by atoms with van der Waals surface area (Å²) >= 11 is 0. The molecule has 2 nitrogen and oxygen atoms in total. The Labute approximate surface area is 279 Å². The second-order valence-corrected chi connectivity index (χ2v) is 12.7. The van der Waals surface area contributed by atoms with Crippen LogP contribution < -0.4 is 9.80 Å². The maximum atomic E-state index is 3.65. The summed E-state index contributed by atoms with van der Waals surface area (Å²) in [6.45, 7) is 0. The fourth-order valence-electron chi connectivity index (χ4n) is 7.44. The number of hydrogen-bond donors (Lipinski definition) is 0. The summed E-state index contributed by atoms with van der Waals surface area (Å²) in [6.07, 6.45) is 14.8. The van der Waals surface area contributed by atoms with Crippen LogP contribution in [0, 0.1) is 23.7 Å². The second kappa shape index (κ2) is 13.1. The molecule has 0 saturated heterocycles. The highest BCUT2D eigenvalue weighted by atomic mass is 15.2. The average molecular weight is 607 g/mol. The average Bonchev–Trinajstić information content (AvgIpc) is 3.40. The molecule has 0 heterocycles. The van der Waals surface area contributed by atoms with E-state index in [1.54, 1.807) is 0 Å². The topological polar surface area (TPSA) is 6.48 Å². The van der Waals surface area contributed by atoms with Gasteiger partial charge in [0.15, 0.2) is 0 Å². The smallest absolute Gasteiger partial charge is 0.0930 e. The molecule has 5 aromatic rings. The van der Waals surface area contributed by atoms with Crippen molar-refractivity contribution in [1.82, 2.24) is 0 Å². The highest BCUT2D eigenvalue weighted by molar-refractivity contribution is 5.97. The molecule has 1 atom stereocenters. The van der Waals surface area contributed by atoms with Gasteiger partial charge in [-0.1, -0.05) is 128 Å². The van der Waals surface area contributed by atoms with Crippen LogP contribution in [0.3, 0.4) is 0 Å². The van der Waals surface area contributed by atoms with Gasteiger partial charge in [-0.05, 0) is 78.6 Å². The van der Waals surface area contributed by atoms with Crippen molar-refractivity contribution >= 4 is 39.6 Å². The molecular weight excluding hydrogens is 569 g/mol. The Kier molecular flexibility index (Phi) is 8.09. The van der Waals surface area contributed by atoms with Gasteiger partial charge in [-0.3, -0.25) is 0 Å². The zero-order valence-corrected chi connectivity index (χ0v) is 26.7. The predicted octanol–water partition coefficient (Wildman–Crippen LogP) is 11.3. The van der Waals surface area contributed by atoms with Gasteiger partial charge in [-0.15, -0.1) is 0 Å². The number of fused-ring (bicyclic) bond motifs is 2. The van der Waals surface area contributed by atoms with E-state index in [2.05, 4.69) is 167 Å². The minimum absolute atomic E-state index is 0.160. The van der Waals surface area contributed by atoms with Gasteiger partial charge in [0.05, 0.1) is 11.4 Å². The SMILES string of the molecule is C1#Cc2cccc(N(c3ccc(C4C#CC(N(c5ccccc5)c5cccc6ccccc56)=CC4)cc3)C3CCCCC3)c2C=CC1. The molecule has 0 bridgehead atoms. The van der Waals surface area contributed by atoms with Crippen LogP contribution >= 0.6 is 0 Å². The molecule has 8 rings (SSSR count). The zero-order chi connectivity index (χ0) is 31.4. The maximum absolute atomic E-state index is 3.65. The summed E-state index contributed by atoms with van der Waals surface area (Å²) in [4.78, 5) is 4.92. The normalized spacial score (nSPS) is 16.9. The van der Waals surface area contributed by atoms with E-state index in [0.717, 1.165) is 35.5 Å². The Morgan fingerprint density at radius 3 is 2.23 bits per heavy atom. The third-order valence-corrected chi connectivity index (χ3v) is 9.77. The summed E-state index contributed by atoms with van der Waals surface area (Å²) in [5, 5.41) is 2.45. The third-order valence-electron chi connectivity index (χ3n) is 9.77. The van der Waals surface area contributed by atoms with Crippen LogP contribution in [0.2, 0.25) is 0 Å². The van der Waals surface area contributed by atoms with Gasteiger partial charge in [0.2, 0.25) is 0 Å². The van der Waals surface area contributed by atoms with Crippen molar-refractivity contribution in [3.63, 3.8) is 0 Å². The van der Waals surface area contributed by atoms with Gasteiger partial charge in [-0.25, -0.2) is 0 Å². The molecule has 5 aromatic carbocycles. The molecule has 1 saturated carbocycles. The van der Waals surface area contributed by atoms with Gasteiger partial charge in [0.1, 0.15) is 0 Å². The van der Waals surface area contributed by atoms with Gasteiger partial charge in [-0.2, -0.15) is 0 Å². The lowest BCUT2D eigenvalue weighted by molar-refractivity contribution is 0.436. The molecular formula is C45H38N2. The zero-order valence-electron chi connectivity index (χ0n) is 26.7. The van der Waals surface area contributed by atoms with E-state index in [1.807, 2.05) is 0 Å². The molecule has 228 valence electrons. The Morgan fingerprint density at radius 2 is 1.40 bits per heavy atom. The molecule has 0 aromatic heterocycles. The Bertz CT molecular complexity index is 2090. The summed E-state index contributed by atoms with van der Waals surface area (Å²) in [7, 11) is 0. The summed E-state index contributed by atoms with van der Waals surface area (Å²) in [5.41, 5.74) is 9.48. The minimum Gasteiger partial charge on any atom is -0.338 e. The first kappa shape index (κ1) is 29.0. The predicted molar refractivity (Wildman–Crippen MR) is 198 cm³/mol. The molecule has 0 aliphatic heterocycles. The largest absolute Gasteiger partial charge is 0.338 e. The lowest BCUT2D eigenvalue weighted by Gasteiger charge is -2.37. The van der Waals surface area contributed by atoms with E-state index >= 15 is 0 Å². The Hall–Kier alpha value is -5.44. The molecule has 1 fully saturated rings. The summed E-state index contributed by atoms with van der Waals surface area (Å²) in [5.74, 6) is 14.1. The van der Waals surface area contributed by atoms with Crippen molar-refractivity contribution in [2.75, 3.05) is 9.80 Å². The fraction of sp³-hybridized carbons (Fsp3) is 0.200. The van der Waals surface area contributed by atoms with E-state index in [-0.39, 0.29) is 5.92 Å². The van der Waals surface area contributed by atoms with E-state index in [4.69, 9.17) is 0 Å². The van der Waals surface area contributed by atoms with Crippen LogP contribution in [0.4, 0.5) is 22.7 Å². The van der Waals surface area contributed by atoms with Crippen molar-refractivity contribution in [2.24, 2.45) is 0 Å². The van der Waals surface area contributed by atoms with E-state index in [0.29, 0.717) is 6.04 Å². The number of hydrogen-bond acceptors (Lipinski definition) is 2. The quantitative estimate of drug-likeness (QED) is 0.170. The molecule has 0 radical (unpaired) electrons. The number of allylic oxidation sites excluding steroid dienone is 3. The van der Waals surface area contributed by atoms with Crippen LogP contribution in [-0.2, 0) is 0 Å². The number of rotatable bonds is 7. The highest BCUT2D eigenvalue weighted by Crippen LogP contribution is 2.40. The van der Waals surface area contributed by atoms with Crippen molar-refractivity contribution in [3.05, 3.63) is 150 Å². The lowest BCUT2D eigenvalue weighted by atomic mass is 9.90. The number of para-hydroxylation sites is 1. The lowest BCUT2D eigenvalue weighted by Crippen LogP contribution is -2.33. The molecule has 47 heavy (non-hydrogen) atoms. The molecule has 0 N–H and O–H groups in total. The van der Waals surface area contributed by atoms with Crippen LogP contribution in [-0.4, -0.2) is 6.04 Å². The van der Waals surface area contributed by atoms with Crippen molar-refractivity contribution in [1.29, 1.82) is 0 Å². The monoisotopic (exact) mass is 606 g/mol. The Morgan fingerprint density at radius 1 is 0.638 bits per heavy atom. The van der Waals surface area contributed by atoms with Crippen LogP contribution in [0.25, 0.3) is 16.8 Å². The van der Waals surface area contributed by atoms with Gasteiger partial charge < -0.3 is 9.80 Å². The first-order valence-corrected chi connectivity index (χ1v) is 17.1. The van der Waals surface area contributed by atoms with Crippen LogP contribution in [0.5, 0.6) is 0 Å². The van der Waals surface area contributed by atoms with Crippen LogP contribution in [0.15, 0.2) is 133 Å². The number of nitrogens with zero attached hydrogens (tertiary/aromatic N) is 2. The van der Waals surface area contributed by atoms with Gasteiger partial charge in [0.25, 0.3) is 0 Å². The van der Waals surface area contributed by atoms with Crippen molar-refractivity contribution < 1.29 is 0 Å². The highest BCUT2D eigenvalue weighted by Gasteiger charge is 2.26. The fourth-order valence-corrected chi connectivity index (χ4v) is 7.44.